The molecule has 0 aliphatic heterocycles. The highest BCUT2D eigenvalue weighted by Crippen LogP contribution is 2.17. The Balaban J connectivity index is 3.22. The fraction of sp³-hybridized carbons (Fsp3) is 0.889. The summed E-state index contributed by atoms with van der Waals surface area (Å²) in [5, 5.41) is 0.757. The fourth-order valence-electron chi connectivity index (χ4n) is 1.02. The van der Waals surface area contributed by atoms with E-state index in [1.54, 1.807) is 6.92 Å². The summed E-state index contributed by atoms with van der Waals surface area (Å²) in [6, 6.07) is 0. The quantitative estimate of drug-likeness (QED) is 0.595. The summed E-state index contributed by atoms with van der Waals surface area (Å²) in [4.78, 5) is 10.6. The third-order valence-corrected chi connectivity index (χ3v) is 2.55. The van der Waals surface area contributed by atoms with E-state index in [9.17, 15) is 4.79 Å². The lowest BCUT2D eigenvalue weighted by Crippen LogP contribution is -1.99. The maximum absolute atomic E-state index is 10.6. The van der Waals surface area contributed by atoms with Crippen LogP contribution in [0, 0.1) is 0 Å². The number of unbranched alkanes of at least 4 members (excludes halogenated alkanes) is 2. The summed E-state index contributed by atoms with van der Waals surface area (Å²) < 4.78 is 0. The molecule has 0 aliphatic rings. The SMILES string of the molecule is CCCCC[C@H](C)SC(C)=O. The molecule has 1 atom stereocenters. The Morgan fingerprint density at radius 2 is 2.09 bits per heavy atom. The monoisotopic (exact) mass is 174 g/mol. The summed E-state index contributed by atoms with van der Waals surface area (Å²) in [7, 11) is 0. The van der Waals surface area contributed by atoms with Crippen molar-refractivity contribution < 1.29 is 4.79 Å². The van der Waals surface area contributed by atoms with Crippen molar-refractivity contribution in [3.63, 3.8) is 0 Å². The zero-order valence-corrected chi connectivity index (χ0v) is 8.54. The minimum atomic E-state index is 0.244. The average molecular weight is 174 g/mol. The van der Waals surface area contributed by atoms with E-state index >= 15 is 0 Å². The van der Waals surface area contributed by atoms with Gasteiger partial charge in [-0.25, -0.2) is 0 Å². The van der Waals surface area contributed by atoms with Gasteiger partial charge in [0.2, 0.25) is 0 Å². The van der Waals surface area contributed by atoms with E-state index in [4.69, 9.17) is 0 Å². The van der Waals surface area contributed by atoms with Crippen LogP contribution in [0.15, 0.2) is 0 Å². The molecule has 0 aliphatic carbocycles. The van der Waals surface area contributed by atoms with E-state index in [2.05, 4.69) is 13.8 Å². The van der Waals surface area contributed by atoms with E-state index in [0.717, 1.165) is 0 Å². The predicted molar refractivity (Wildman–Crippen MR) is 51.9 cm³/mol. The Bertz CT molecular complexity index is 112. The Hall–Kier alpha value is 0.0200. The largest absolute Gasteiger partial charge is 0.288 e. The zero-order valence-electron chi connectivity index (χ0n) is 7.72. The molecule has 66 valence electrons. The van der Waals surface area contributed by atoms with Crippen molar-refractivity contribution in [2.75, 3.05) is 0 Å². The minimum absolute atomic E-state index is 0.244. The first-order valence-corrected chi connectivity index (χ1v) is 5.22. The van der Waals surface area contributed by atoms with Crippen LogP contribution in [0.3, 0.4) is 0 Å². The van der Waals surface area contributed by atoms with Crippen LogP contribution < -0.4 is 0 Å². The van der Waals surface area contributed by atoms with Gasteiger partial charge in [0.05, 0.1) is 0 Å². The number of rotatable bonds is 5. The van der Waals surface area contributed by atoms with Gasteiger partial charge in [0.15, 0.2) is 5.12 Å². The topological polar surface area (TPSA) is 17.1 Å². The molecule has 0 spiro atoms. The second-order valence-corrected chi connectivity index (χ2v) is 4.53. The Morgan fingerprint density at radius 3 is 2.55 bits per heavy atom. The number of carbonyl (C=O) groups excluding carboxylic acids is 1. The molecule has 1 nitrogen and oxygen atoms in total. The molecule has 0 radical (unpaired) electrons. The van der Waals surface area contributed by atoms with Gasteiger partial charge >= 0.3 is 0 Å². The van der Waals surface area contributed by atoms with Crippen molar-refractivity contribution in [3.05, 3.63) is 0 Å². The van der Waals surface area contributed by atoms with Gasteiger partial charge in [0.25, 0.3) is 0 Å². The smallest absolute Gasteiger partial charge is 0.186 e. The second-order valence-electron chi connectivity index (χ2n) is 2.92. The molecule has 0 bridgehead atoms. The molecule has 0 N–H and O–H groups in total. The van der Waals surface area contributed by atoms with Crippen LogP contribution in [-0.4, -0.2) is 10.4 Å². The van der Waals surface area contributed by atoms with Gasteiger partial charge < -0.3 is 0 Å². The molecule has 0 fully saturated rings. The maximum atomic E-state index is 10.6. The minimum Gasteiger partial charge on any atom is -0.288 e. The zero-order chi connectivity index (χ0) is 8.69. The highest BCUT2D eigenvalue weighted by atomic mass is 32.2. The van der Waals surface area contributed by atoms with Gasteiger partial charge in [-0.2, -0.15) is 0 Å². The van der Waals surface area contributed by atoms with Crippen molar-refractivity contribution in [1.29, 1.82) is 0 Å². The number of carbonyl (C=O) groups is 1. The van der Waals surface area contributed by atoms with Crippen LogP contribution in [0.2, 0.25) is 0 Å². The summed E-state index contributed by atoms with van der Waals surface area (Å²) in [6.07, 6.45) is 5.00. The maximum Gasteiger partial charge on any atom is 0.186 e. The first kappa shape index (κ1) is 11.0. The van der Waals surface area contributed by atoms with Gasteiger partial charge in [-0.05, 0) is 6.42 Å². The average Bonchev–Trinajstić information content (AvgIpc) is 1.86. The van der Waals surface area contributed by atoms with Crippen LogP contribution in [0.1, 0.15) is 46.5 Å². The van der Waals surface area contributed by atoms with Gasteiger partial charge in [-0.3, -0.25) is 4.79 Å². The molecule has 11 heavy (non-hydrogen) atoms. The van der Waals surface area contributed by atoms with Crippen molar-refractivity contribution in [3.8, 4) is 0 Å². The molecule has 0 aromatic rings. The van der Waals surface area contributed by atoms with Gasteiger partial charge in [-0.15, -0.1) is 0 Å². The summed E-state index contributed by atoms with van der Waals surface area (Å²) in [6.45, 7) is 5.96. The van der Waals surface area contributed by atoms with E-state index in [-0.39, 0.29) is 5.12 Å². The normalized spacial score (nSPS) is 13.0. The Labute approximate surface area is 73.9 Å². The van der Waals surface area contributed by atoms with Gasteiger partial charge in [-0.1, -0.05) is 44.9 Å². The number of hydrogen-bond acceptors (Lipinski definition) is 2. The Kier molecular flexibility index (Phi) is 6.73. The molecule has 0 saturated heterocycles. The highest BCUT2D eigenvalue weighted by Gasteiger charge is 2.04. The van der Waals surface area contributed by atoms with Crippen LogP contribution in [0.4, 0.5) is 0 Å². The van der Waals surface area contributed by atoms with E-state index in [1.165, 1.54) is 37.4 Å². The molecule has 0 aromatic carbocycles. The molecular formula is C9H18OS. The molecule has 2 heteroatoms. The lowest BCUT2D eigenvalue weighted by atomic mass is 10.2. The van der Waals surface area contributed by atoms with E-state index < -0.39 is 0 Å². The second kappa shape index (κ2) is 6.71. The first-order valence-electron chi connectivity index (χ1n) is 4.34. The summed E-state index contributed by atoms with van der Waals surface area (Å²) >= 11 is 1.47. The molecule has 0 heterocycles. The lowest BCUT2D eigenvalue weighted by Gasteiger charge is -2.06. The third-order valence-electron chi connectivity index (χ3n) is 1.58. The molecule has 0 saturated carbocycles. The fourth-order valence-corrected chi connectivity index (χ4v) is 1.88. The summed E-state index contributed by atoms with van der Waals surface area (Å²) in [5.74, 6) is 0. The molecular weight excluding hydrogens is 156 g/mol. The molecule has 0 amide bonds. The molecule has 0 aromatic heterocycles. The van der Waals surface area contributed by atoms with Crippen LogP contribution in [0.5, 0.6) is 0 Å². The van der Waals surface area contributed by atoms with Crippen molar-refractivity contribution >= 4 is 16.9 Å². The predicted octanol–water partition coefficient (Wildman–Crippen LogP) is 3.23. The highest BCUT2D eigenvalue weighted by molar-refractivity contribution is 8.14. The van der Waals surface area contributed by atoms with E-state index in [0.29, 0.717) is 5.25 Å². The molecule has 0 rings (SSSR count). The number of hydrogen-bond donors (Lipinski definition) is 0. The molecule has 0 unspecified atom stereocenters. The van der Waals surface area contributed by atoms with Crippen molar-refractivity contribution in [2.24, 2.45) is 0 Å². The number of thioether (sulfide) groups is 1. The van der Waals surface area contributed by atoms with Crippen LogP contribution in [0.25, 0.3) is 0 Å². The van der Waals surface area contributed by atoms with Crippen LogP contribution in [-0.2, 0) is 4.79 Å². The Morgan fingerprint density at radius 1 is 1.45 bits per heavy atom. The van der Waals surface area contributed by atoms with Crippen molar-refractivity contribution in [1.82, 2.24) is 0 Å². The van der Waals surface area contributed by atoms with Gasteiger partial charge in [0.1, 0.15) is 0 Å². The first-order chi connectivity index (χ1) is 5.16. The summed E-state index contributed by atoms with van der Waals surface area (Å²) in [5.41, 5.74) is 0. The van der Waals surface area contributed by atoms with E-state index in [1.807, 2.05) is 0 Å². The van der Waals surface area contributed by atoms with Crippen molar-refractivity contribution in [2.45, 2.75) is 51.7 Å². The lowest BCUT2D eigenvalue weighted by molar-refractivity contribution is -0.109. The standard InChI is InChI=1S/C9H18OS/c1-4-5-6-7-8(2)11-9(3)10/h8H,4-7H2,1-3H3/t8-/m0/s1. The van der Waals surface area contributed by atoms with Crippen LogP contribution >= 0.6 is 11.8 Å². The third kappa shape index (κ3) is 7.92. The van der Waals surface area contributed by atoms with Gasteiger partial charge in [0, 0.05) is 12.2 Å².